The first-order valence-electron chi connectivity index (χ1n) is 10.1. The Labute approximate surface area is 161 Å². The summed E-state index contributed by atoms with van der Waals surface area (Å²) >= 11 is 0. The van der Waals surface area contributed by atoms with Gasteiger partial charge in [0.05, 0.1) is 0 Å². The average molecular weight is 367 g/mol. The summed E-state index contributed by atoms with van der Waals surface area (Å²) in [7, 11) is 2.23. The first kappa shape index (κ1) is 18.2. The number of nitrogens with zero attached hydrogens (tertiary/aromatic N) is 3. The lowest BCUT2D eigenvalue weighted by molar-refractivity contribution is 0.0221. The molecule has 2 aromatic rings. The van der Waals surface area contributed by atoms with Gasteiger partial charge in [-0.1, -0.05) is 37.3 Å². The first-order valence-corrected chi connectivity index (χ1v) is 10.1. The monoisotopic (exact) mass is 367 g/mol. The average Bonchev–Trinajstić information content (AvgIpc) is 3.17. The maximum absolute atomic E-state index is 12.9. The SMILES string of the molecule is CCc1ocnc1C(=O)N1CCC2(CC1)C[C@H](c1ccccc1)CN(C)C2. The number of aromatic nitrogens is 1. The molecule has 1 spiro atoms. The third-order valence-corrected chi connectivity index (χ3v) is 6.36. The number of likely N-dealkylation sites (tertiary alicyclic amines) is 2. The maximum atomic E-state index is 12.9. The Morgan fingerprint density at radius 2 is 2.00 bits per heavy atom. The second-order valence-electron chi connectivity index (χ2n) is 8.28. The van der Waals surface area contributed by atoms with Crippen LogP contribution in [0.2, 0.25) is 0 Å². The van der Waals surface area contributed by atoms with Crippen LogP contribution in [0.15, 0.2) is 41.1 Å². The summed E-state index contributed by atoms with van der Waals surface area (Å²) in [4.78, 5) is 21.5. The van der Waals surface area contributed by atoms with Gasteiger partial charge < -0.3 is 14.2 Å². The summed E-state index contributed by atoms with van der Waals surface area (Å²) in [6.45, 7) is 5.86. The smallest absolute Gasteiger partial charge is 0.276 e. The number of rotatable bonds is 3. The number of hydrogen-bond donors (Lipinski definition) is 0. The molecular weight excluding hydrogens is 338 g/mol. The lowest BCUT2D eigenvalue weighted by Crippen LogP contribution is -2.51. The summed E-state index contributed by atoms with van der Waals surface area (Å²) in [6.07, 6.45) is 5.42. The quantitative estimate of drug-likeness (QED) is 0.832. The summed E-state index contributed by atoms with van der Waals surface area (Å²) < 4.78 is 5.35. The van der Waals surface area contributed by atoms with Crippen LogP contribution in [-0.4, -0.2) is 53.9 Å². The van der Waals surface area contributed by atoms with E-state index in [-0.39, 0.29) is 5.91 Å². The molecule has 1 aromatic heterocycles. The van der Waals surface area contributed by atoms with Crippen molar-refractivity contribution in [3.8, 4) is 0 Å². The van der Waals surface area contributed by atoms with Crippen molar-refractivity contribution in [1.29, 1.82) is 0 Å². The summed E-state index contributed by atoms with van der Waals surface area (Å²) in [6, 6.07) is 10.9. The van der Waals surface area contributed by atoms with Crippen molar-refractivity contribution < 1.29 is 9.21 Å². The number of piperidine rings is 2. The van der Waals surface area contributed by atoms with E-state index in [1.807, 2.05) is 11.8 Å². The van der Waals surface area contributed by atoms with E-state index in [0.29, 0.717) is 29.2 Å². The third kappa shape index (κ3) is 3.65. The molecule has 0 saturated carbocycles. The van der Waals surface area contributed by atoms with Gasteiger partial charge in [0.1, 0.15) is 5.76 Å². The van der Waals surface area contributed by atoms with Crippen LogP contribution in [-0.2, 0) is 6.42 Å². The Morgan fingerprint density at radius 3 is 2.70 bits per heavy atom. The lowest BCUT2D eigenvalue weighted by Gasteiger charge is -2.49. The lowest BCUT2D eigenvalue weighted by atomic mass is 9.68. The van der Waals surface area contributed by atoms with Crippen molar-refractivity contribution >= 4 is 5.91 Å². The molecule has 0 aliphatic carbocycles. The molecule has 2 fully saturated rings. The summed E-state index contributed by atoms with van der Waals surface area (Å²) in [5, 5.41) is 0. The second kappa shape index (κ2) is 7.47. The zero-order valence-corrected chi connectivity index (χ0v) is 16.4. The number of likely N-dealkylation sites (N-methyl/N-ethyl adjacent to an activating group) is 1. The highest BCUT2D eigenvalue weighted by Gasteiger charge is 2.42. The van der Waals surface area contributed by atoms with Crippen molar-refractivity contribution in [1.82, 2.24) is 14.8 Å². The molecule has 27 heavy (non-hydrogen) atoms. The van der Waals surface area contributed by atoms with Crippen molar-refractivity contribution in [3.05, 3.63) is 53.7 Å². The topological polar surface area (TPSA) is 49.6 Å². The number of amides is 1. The van der Waals surface area contributed by atoms with E-state index in [1.165, 1.54) is 18.4 Å². The van der Waals surface area contributed by atoms with Crippen LogP contribution in [0.1, 0.15) is 53.9 Å². The molecular formula is C22H29N3O2. The van der Waals surface area contributed by atoms with Crippen molar-refractivity contribution in [3.63, 3.8) is 0 Å². The minimum atomic E-state index is 0.0271. The van der Waals surface area contributed by atoms with Gasteiger partial charge in [-0.15, -0.1) is 0 Å². The first-order chi connectivity index (χ1) is 13.1. The standard InChI is InChI=1S/C22H29N3O2/c1-3-19-20(23-16-27-19)21(26)25-11-9-22(10-12-25)13-18(14-24(2)15-22)17-7-5-4-6-8-17/h4-8,16,18H,3,9-15H2,1-2H3/t18-/m0/s1. The van der Waals surface area contributed by atoms with Crippen LogP contribution in [0.25, 0.3) is 0 Å². The number of carbonyl (C=O) groups is 1. The second-order valence-corrected chi connectivity index (χ2v) is 8.28. The molecule has 0 unspecified atom stereocenters. The fraction of sp³-hybridized carbons (Fsp3) is 0.545. The predicted molar refractivity (Wildman–Crippen MR) is 105 cm³/mol. The van der Waals surface area contributed by atoms with E-state index in [0.717, 1.165) is 39.0 Å². The van der Waals surface area contributed by atoms with E-state index in [1.54, 1.807) is 0 Å². The Kier molecular flexibility index (Phi) is 5.04. The molecule has 2 aliphatic heterocycles. The van der Waals surface area contributed by atoms with Crippen molar-refractivity contribution in [2.24, 2.45) is 5.41 Å². The molecule has 1 amide bonds. The van der Waals surface area contributed by atoms with Gasteiger partial charge in [0.15, 0.2) is 12.1 Å². The van der Waals surface area contributed by atoms with Crippen LogP contribution in [0.5, 0.6) is 0 Å². The molecule has 0 bridgehead atoms. The van der Waals surface area contributed by atoms with Crippen LogP contribution in [0, 0.1) is 5.41 Å². The summed E-state index contributed by atoms with van der Waals surface area (Å²) in [5.41, 5.74) is 2.25. The highest BCUT2D eigenvalue weighted by Crippen LogP contribution is 2.44. The minimum Gasteiger partial charge on any atom is -0.448 e. The predicted octanol–water partition coefficient (Wildman–Crippen LogP) is 3.58. The van der Waals surface area contributed by atoms with E-state index < -0.39 is 0 Å². The van der Waals surface area contributed by atoms with Gasteiger partial charge >= 0.3 is 0 Å². The summed E-state index contributed by atoms with van der Waals surface area (Å²) in [5.74, 6) is 1.30. The van der Waals surface area contributed by atoms with Gasteiger partial charge in [0, 0.05) is 32.6 Å². The molecule has 5 nitrogen and oxygen atoms in total. The van der Waals surface area contributed by atoms with Gasteiger partial charge in [0.25, 0.3) is 5.91 Å². The maximum Gasteiger partial charge on any atom is 0.276 e. The largest absolute Gasteiger partial charge is 0.448 e. The zero-order valence-electron chi connectivity index (χ0n) is 16.4. The number of aryl methyl sites for hydroxylation is 1. The molecule has 0 radical (unpaired) electrons. The highest BCUT2D eigenvalue weighted by atomic mass is 16.3. The van der Waals surface area contributed by atoms with Crippen LogP contribution >= 0.6 is 0 Å². The van der Waals surface area contributed by atoms with E-state index >= 15 is 0 Å². The van der Waals surface area contributed by atoms with Gasteiger partial charge in [-0.25, -0.2) is 4.98 Å². The fourth-order valence-electron chi connectivity index (χ4n) is 5.01. The Morgan fingerprint density at radius 1 is 1.26 bits per heavy atom. The van der Waals surface area contributed by atoms with Gasteiger partial charge in [-0.3, -0.25) is 4.79 Å². The Balaban J connectivity index is 1.45. The van der Waals surface area contributed by atoms with E-state index in [4.69, 9.17) is 4.42 Å². The minimum absolute atomic E-state index is 0.0271. The molecule has 5 heteroatoms. The van der Waals surface area contributed by atoms with Gasteiger partial charge in [-0.05, 0) is 43.2 Å². The van der Waals surface area contributed by atoms with Gasteiger partial charge in [-0.2, -0.15) is 0 Å². The Bertz CT molecular complexity index is 778. The van der Waals surface area contributed by atoms with Crippen molar-refractivity contribution in [2.45, 2.75) is 38.5 Å². The van der Waals surface area contributed by atoms with Crippen LogP contribution < -0.4 is 0 Å². The van der Waals surface area contributed by atoms with E-state index in [9.17, 15) is 4.79 Å². The van der Waals surface area contributed by atoms with E-state index in [2.05, 4.69) is 47.3 Å². The zero-order chi connectivity index (χ0) is 18.9. The molecule has 144 valence electrons. The number of benzene rings is 1. The molecule has 1 atom stereocenters. The number of hydrogen-bond acceptors (Lipinski definition) is 4. The molecule has 0 N–H and O–H groups in total. The molecule has 2 aliphatic rings. The highest BCUT2D eigenvalue weighted by molar-refractivity contribution is 5.93. The number of oxazole rings is 1. The molecule has 1 aromatic carbocycles. The van der Waals surface area contributed by atoms with Crippen LogP contribution in [0.3, 0.4) is 0 Å². The third-order valence-electron chi connectivity index (χ3n) is 6.36. The van der Waals surface area contributed by atoms with Crippen molar-refractivity contribution in [2.75, 3.05) is 33.2 Å². The van der Waals surface area contributed by atoms with Gasteiger partial charge in [0.2, 0.25) is 0 Å². The molecule has 4 rings (SSSR count). The Hall–Kier alpha value is -2.14. The fourth-order valence-corrected chi connectivity index (χ4v) is 5.01. The molecule has 3 heterocycles. The number of carbonyl (C=O) groups excluding carboxylic acids is 1. The van der Waals surface area contributed by atoms with Crippen LogP contribution in [0.4, 0.5) is 0 Å². The molecule has 2 saturated heterocycles. The normalized spacial score (nSPS) is 22.9.